The normalized spacial score (nSPS) is 34.7. The average molecular weight is 264 g/mol. The van der Waals surface area contributed by atoms with Crippen molar-refractivity contribution in [2.75, 3.05) is 6.61 Å². The first-order valence-electron chi connectivity index (χ1n) is 6.67. The molecule has 2 unspecified atom stereocenters. The summed E-state index contributed by atoms with van der Waals surface area (Å²) >= 11 is 0. The minimum atomic E-state index is -3.89. The number of phosphoric acid groups is 1. The van der Waals surface area contributed by atoms with Crippen LogP contribution in [-0.4, -0.2) is 17.1 Å². The second-order valence-electron chi connectivity index (χ2n) is 4.77. The van der Waals surface area contributed by atoms with Crippen LogP contribution in [0.25, 0.3) is 0 Å². The van der Waals surface area contributed by atoms with Crippen molar-refractivity contribution in [2.45, 2.75) is 64.9 Å². The van der Waals surface area contributed by atoms with Crippen LogP contribution in [-0.2, 0) is 13.6 Å². The van der Waals surface area contributed by atoms with Crippen LogP contribution < -0.4 is 0 Å². The Kier molecular flexibility index (Phi) is 5.65. The van der Waals surface area contributed by atoms with E-state index in [0.717, 1.165) is 38.5 Å². The van der Waals surface area contributed by atoms with Crippen molar-refractivity contribution in [3.05, 3.63) is 0 Å². The maximum absolute atomic E-state index is 11.9. The Balaban J connectivity index is 2.99. The van der Waals surface area contributed by atoms with Crippen molar-refractivity contribution in [1.29, 1.82) is 0 Å². The lowest BCUT2D eigenvalue weighted by Gasteiger charge is -2.39. The highest BCUT2D eigenvalue weighted by Crippen LogP contribution is 2.53. The van der Waals surface area contributed by atoms with E-state index in [2.05, 4.69) is 6.92 Å². The molecule has 0 aromatic carbocycles. The molecule has 5 heteroatoms. The molecule has 0 saturated carbocycles. The summed E-state index contributed by atoms with van der Waals surface area (Å²) in [4.78, 5) is 9.73. The third-order valence-corrected chi connectivity index (χ3v) is 5.04. The van der Waals surface area contributed by atoms with E-state index >= 15 is 0 Å². The minimum absolute atomic E-state index is 0.313. The van der Waals surface area contributed by atoms with Crippen molar-refractivity contribution in [3.63, 3.8) is 0 Å². The Morgan fingerprint density at radius 1 is 1.29 bits per heavy atom. The number of hydrogen-bond donors (Lipinski definition) is 1. The molecule has 1 aliphatic rings. The summed E-state index contributed by atoms with van der Waals surface area (Å²) in [6.45, 7) is 6.47. The first-order chi connectivity index (χ1) is 7.99. The molecule has 0 aromatic rings. The van der Waals surface area contributed by atoms with Crippen molar-refractivity contribution in [3.8, 4) is 0 Å². The van der Waals surface area contributed by atoms with Gasteiger partial charge in [0, 0.05) is 0 Å². The predicted molar refractivity (Wildman–Crippen MR) is 67.8 cm³/mol. The smallest absolute Gasteiger partial charge is 0.302 e. The van der Waals surface area contributed by atoms with E-state index in [0.29, 0.717) is 12.5 Å². The SMILES string of the molecule is CCC1CCCCOP(=O)(O)OC1(CC)CC. The third-order valence-electron chi connectivity index (χ3n) is 3.93. The molecule has 0 spiro atoms. The summed E-state index contributed by atoms with van der Waals surface area (Å²) in [5.41, 5.74) is -0.511. The maximum atomic E-state index is 11.9. The van der Waals surface area contributed by atoms with Crippen molar-refractivity contribution < 1.29 is 18.5 Å². The Labute approximate surface area is 104 Å². The maximum Gasteiger partial charge on any atom is 0.472 e. The van der Waals surface area contributed by atoms with E-state index < -0.39 is 13.4 Å². The molecule has 102 valence electrons. The Hall–Kier alpha value is 0.110. The third kappa shape index (κ3) is 3.78. The fourth-order valence-electron chi connectivity index (χ4n) is 2.80. The zero-order valence-corrected chi connectivity index (χ0v) is 12.0. The van der Waals surface area contributed by atoms with Gasteiger partial charge in [-0.3, -0.25) is 9.05 Å². The van der Waals surface area contributed by atoms with Crippen LogP contribution in [0.4, 0.5) is 0 Å². The molecule has 1 saturated heterocycles. The second kappa shape index (κ2) is 6.33. The molecule has 2 atom stereocenters. The molecule has 1 fully saturated rings. The van der Waals surface area contributed by atoms with Crippen LogP contribution in [0.5, 0.6) is 0 Å². The van der Waals surface area contributed by atoms with Gasteiger partial charge in [0.2, 0.25) is 0 Å². The molecule has 1 aliphatic heterocycles. The quantitative estimate of drug-likeness (QED) is 0.786. The molecule has 0 radical (unpaired) electrons. The lowest BCUT2D eigenvalue weighted by atomic mass is 9.78. The number of phosphoric ester groups is 1. The van der Waals surface area contributed by atoms with Crippen molar-refractivity contribution in [1.82, 2.24) is 0 Å². The summed E-state index contributed by atoms with van der Waals surface area (Å²) in [6, 6.07) is 0. The van der Waals surface area contributed by atoms with Crippen molar-refractivity contribution in [2.24, 2.45) is 5.92 Å². The van der Waals surface area contributed by atoms with Gasteiger partial charge in [0.25, 0.3) is 0 Å². The highest BCUT2D eigenvalue weighted by atomic mass is 31.2. The van der Waals surface area contributed by atoms with Gasteiger partial charge in [0.05, 0.1) is 12.2 Å². The molecule has 0 bridgehead atoms. The predicted octanol–water partition coefficient (Wildman–Crippen LogP) is 3.89. The molecule has 1 rings (SSSR count). The zero-order chi connectivity index (χ0) is 12.9. The minimum Gasteiger partial charge on any atom is -0.302 e. The van der Waals surface area contributed by atoms with Crippen LogP contribution in [0.2, 0.25) is 0 Å². The first kappa shape index (κ1) is 15.2. The van der Waals surface area contributed by atoms with Gasteiger partial charge >= 0.3 is 7.82 Å². The summed E-state index contributed by atoms with van der Waals surface area (Å²) in [5, 5.41) is 0. The fourth-order valence-corrected chi connectivity index (χ4v) is 4.08. The Morgan fingerprint density at radius 2 is 1.94 bits per heavy atom. The van der Waals surface area contributed by atoms with Gasteiger partial charge < -0.3 is 4.89 Å². The van der Waals surface area contributed by atoms with E-state index in [1.54, 1.807) is 0 Å². The van der Waals surface area contributed by atoms with Gasteiger partial charge in [0.15, 0.2) is 0 Å². The van der Waals surface area contributed by atoms with Gasteiger partial charge in [-0.2, -0.15) is 0 Å². The van der Waals surface area contributed by atoms with Crippen LogP contribution in [0, 0.1) is 5.92 Å². The van der Waals surface area contributed by atoms with E-state index in [4.69, 9.17) is 9.05 Å². The van der Waals surface area contributed by atoms with Crippen LogP contribution >= 0.6 is 7.82 Å². The number of rotatable bonds is 3. The molecular weight excluding hydrogens is 239 g/mol. The fraction of sp³-hybridized carbons (Fsp3) is 1.00. The van der Waals surface area contributed by atoms with Gasteiger partial charge in [-0.1, -0.05) is 33.6 Å². The van der Waals surface area contributed by atoms with Crippen LogP contribution in [0.1, 0.15) is 59.3 Å². The van der Waals surface area contributed by atoms with Crippen LogP contribution in [0.15, 0.2) is 0 Å². The van der Waals surface area contributed by atoms with Gasteiger partial charge in [0.1, 0.15) is 0 Å². The average Bonchev–Trinajstić information content (AvgIpc) is 2.36. The van der Waals surface area contributed by atoms with E-state index in [1.807, 2.05) is 13.8 Å². The van der Waals surface area contributed by atoms with Gasteiger partial charge in [-0.15, -0.1) is 0 Å². The summed E-state index contributed by atoms with van der Waals surface area (Å²) < 4.78 is 22.4. The molecule has 1 heterocycles. The van der Waals surface area contributed by atoms with E-state index in [1.165, 1.54) is 0 Å². The van der Waals surface area contributed by atoms with Gasteiger partial charge in [-0.05, 0) is 31.6 Å². The largest absolute Gasteiger partial charge is 0.472 e. The molecule has 0 aliphatic carbocycles. The Bertz CT molecular complexity index is 276. The zero-order valence-electron chi connectivity index (χ0n) is 11.1. The lowest BCUT2D eigenvalue weighted by molar-refractivity contribution is -0.0301. The van der Waals surface area contributed by atoms with E-state index in [-0.39, 0.29) is 0 Å². The highest BCUT2D eigenvalue weighted by molar-refractivity contribution is 7.47. The van der Waals surface area contributed by atoms with Crippen molar-refractivity contribution >= 4 is 7.82 Å². The summed E-state index contributed by atoms with van der Waals surface area (Å²) in [5.74, 6) is 0.333. The highest BCUT2D eigenvalue weighted by Gasteiger charge is 2.42. The van der Waals surface area contributed by atoms with Crippen LogP contribution in [0.3, 0.4) is 0 Å². The lowest BCUT2D eigenvalue weighted by Crippen LogP contribution is -2.38. The topological polar surface area (TPSA) is 55.8 Å². The monoisotopic (exact) mass is 264 g/mol. The summed E-state index contributed by atoms with van der Waals surface area (Å²) in [7, 11) is -3.89. The van der Waals surface area contributed by atoms with E-state index in [9.17, 15) is 9.46 Å². The summed E-state index contributed by atoms with van der Waals surface area (Å²) in [6.07, 6.45) is 5.37. The molecule has 4 nitrogen and oxygen atoms in total. The Morgan fingerprint density at radius 3 is 2.47 bits per heavy atom. The molecule has 17 heavy (non-hydrogen) atoms. The molecular formula is C12H25O4P. The second-order valence-corrected chi connectivity index (χ2v) is 6.14. The molecule has 0 aromatic heterocycles. The molecule has 1 N–H and O–H groups in total. The molecule has 0 amide bonds. The standard InChI is InChI=1S/C12H25O4P/c1-4-11-9-7-8-10-15-17(13,14)16-12(11,5-2)6-3/h11H,4-10H2,1-3H3,(H,13,14). The first-order valence-corrected chi connectivity index (χ1v) is 8.17. The van der Waals surface area contributed by atoms with Gasteiger partial charge in [-0.25, -0.2) is 4.57 Å². The number of hydrogen-bond acceptors (Lipinski definition) is 3.